The fourth-order valence-electron chi connectivity index (χ4n) is 1.99. The number of aryl methyl sites for hydroxylation is 1. The monoisotopic (exact) mass is 237 g/mol. The molecule has 0 bridgehead atoms. The zero-order chi connectivity index (χ0) is 11.5. The topological polar surface area (TPSA) is 29.1 Å². The van der Waals surface area contributed by atoms with Gasteiger partial charge in [-0.2, -0.15) is 0 Å². The minimum Gasteiger partial charge on any atom is -0.309 e. The molecule has 0 aromatic heterocycles. The Hall–Kier alpha value is -0.670. The molecule has 0 spiro atoms. The van der Waals surface area contributed by atoms with Crippen molar-refractivity contribution < 1.29 is 4.21 Å². The van der Waals surface area contributed by atoms with E-state index >= 15 is 0 Å². The van der Waals surface area contributed by atoms with Crippen LogP contribution in [0.3, 0.4) is 0 Å². The van der Waals surface area contributed by atoms with Crippen LogP contribution in [-0.2, 0) is 10.8 Å². The number of benzene rings is 1. The Morgan fingerprint density at radius 3 is 2.69 bits per heavy atom. The van der Waals surface area contributed by atoms with Crippen LogP contribution in [0.4, 0.5) is 0 Å². The molecule has 0 saturated carbocycles. The molecule has 1 heterocycles. The summed E-state index contributed by atoms with van der Waals surface area (Å²) < 4.78 is 11.9. The summed E-state index contributed by atoms with van der Waals surface area (Å²) in [4.78, 5) is 0. The molecule has 88 valence electrons. The van der Waals surface area contributed by atoms with Crippen LogP contribution in [0.25, 0.3) is 0 Å². The Labute approximate surface area is 99.9 Å². The lowest BCUT2D eigenvalue weighted by Gasteiger charge is -2.15. The molecule has 1 fully saturated rings. The third-order valence-corrected chi connectivity index (χ3v) is 5.00. The Morgan fingerprint density at radius 1 is 1.31 bits per heavy atom. The highest BCUT2D eigenvalue weighted by Crippen LogP contribution is 2.19. The number of hydrogen-bond acceptors (Lipinski definition) is 2. The molecule has 3 unspecified atom stereocenters. The van der Waals surface area contributed by atoms with E-state index in [1.54, 1.807) is 0 Å². The SMILES string of the molecule is Cc1ccc(C2CS(=O)C(C)CCN2)cc1. The van der Waals surface area contributed by atoms with Crippen molar-refractivity contribution in [1.82, 2.24) is 5.32 Å². The molecule has 1 aromatic rings. The number of nitrogens with one attached hydrogen (secondary N) is 1. The van der Waals surface area contributed by atoms with Gasteiger partial charge in [-0.1, -0.05) is 36.8 Å². The maximum atomic E-state index is 11.9. The van der Waals surface area contributed by atoms with E-state index in [0.717, 1.165) is 18.7 Å². The summed E-state index contributed by atoms with van der Waals surface area (Å²) in [5.41, 5.74) is 2.53. The van der Waals surface area contributed by atoms with Crippen molar-refractivity contribution in [2.45, 2.75) is 31.6 Å². The molecule has 3 atom stereocenters. The third-order valence-electron chi connectivity index (χ3n) is 3.20. The van der Waals surface area contributed by atoms with Gasteiger partial charge in [0.2, 0.25) is 0 Å². The van der Waals surface area contributed by atoms with Crippen molar-refractivity contribution in [2.24, 2.45) is 0 Å². The maximum absolute atomic E-state index is 11.9. The van der Waals surface area contributed by atoms with Crippen LogP contribution < -0.4 is 5.32 Å². The second-order valence-corrected chi connectivity index (χ2v) is 6.46. The van der Waals surface area contributed by atoms with Crippen molar-refractivity contribution in [2.75, 3.05) is 12.3 Å². The summed E-state index contributed by atoms with van der Waals surface area (Å²) in [6.45, 7) is 5.13. The van der Waals surface area contributed by atoms with Gasteiger partial charge in [-0.15, -0.1) is 0 Å². The van der Waals surface area contributed by atoms with Crippen LogP contribution >= 0.6 is 0 Å². The molecule has 1 aromatic carbocycles. The number of rotatable bonds is 1. The van der Waals surface area contributed by atoms with Gasteiger partial charge in [-0.05, 0) is 25.5 Å². The molecule has 1 saturated heterocycles. The molecular weight excluding hydrogens is 218 g/mol. The lowest BCUT2D eigenvalue weighted by Crippen LogP contribution is -2.23. The zero-order valence-corrected chi connectivity index (χ0v) is 10.7. The third kappa shape index (κ3) is 2.71. The van der Waals surface area contributed by atoms with Crippen LogP contribution in [0, 0.1) is 6.92 Å². The lowest BCUT2D eigenvalue weighted by atomic mass is 10.1. The summed E-state index contributed by atoms with van der Waals surface area (Å²) in [6, 6.07) is 8.77. The van der Waals surface area contributed by atoms with Crippen molar-refractivity contribution in [1.29, 1.82) is 0 Å². The van der Waals surface area contributed by atoms with Gasteiger partial charge in [0.25, 0.3) is 0 Å². The molecule has 0 radical (unpaired) electrons. The van der Waals surface area contributed by atoms with Crippen molar-refractivity contribution in [3.8, 4) is 0 Å². The Balaban J connectivity index is 2.14. The van der Waals surface area contributed by atoms with Gasteiger partial charge in [-0.3, -0.25) is 4.21 Å². The molecular formula is C13H19NOS. The normalized spacial score (nSPS) is 31.0. The van der Waals surface area contributed by atoms with Crippen LogP contribution in [0.5, 0.6) is 0 Å². The Morgan fingerprint density at radius 2 is 2.00 bits per heavy atom. The average molecular weight is 237 g/mol. The standard InChI is InChI=1S/C13H19NOS/c1-10-3-5-12(6-4-10)13-9-16(15)11(2)7-8-14-13/h3-6,11,13-14H,7-9H2,1-2H3. The van der Waals surface area contributed by atoms with E-state index in [2.05, 4.69) is 43.4 Å². The predicted molar refractivity (Wildman–Crippen MR) is 69.0 cm³/mol. The summed E-state index contributed by atoms with van der Waals surface area (Å²) in [7, 11) is -0.701. The van der Waals surface area contributed by atoms with Gasteiger partial charge < -0.3 is 5.32 Å². The Bertz CT molecular complexity index is 374. The van der Waals surface area contributed by atoms with Crippen molar-refractivity contribution in [3.63, 3.8) is 0 Å². The first-order valence-electron chi connectivity index (χ1n) is 5.84. The van der Waals surface area contributed by atoms with Gasteiger partial charge >= 0.3 is 0 Å². The van der Waals surface area contributed by atoms with E-state index in [9.17, 15) is 4.21 Å². The van der Waals surface area contributed by atoms with Crippen molar-refractivity contribution in [3.05, 3.63) is 35.4 Å². The number of hydrogen-bond donors (Lipinski definition) is 1. The maximum Gasteiger partial charge on any atom is 0.0436 e. The summed E-state index contributed by atoms with van der Waals surface area (Å²) in [5, 5.41) is 3.81. The second kappa shape index (κ2) is 5.11. The quantitative estimate of drug-likeness (QED) is 0.811. The first-order valence-corrected chi connectivity index (χ1v) is 7.22. The summed E-state index contributed by atoms with van der Waals surface area (Å²) in [5.74, 6) is 0.740. The molecule has 0 amide bonds. The van der Waals surface area contributed by atoms with Gasteiger partial charge in [0.05, 0.1) is 0 Å². The van der Waals surface area contributed by atoms with Crippen LogP contribution in [0.2, 0.25) is 0 Å². The molecule has 2 rings (SSSR count). The highest BCUT2D eigenvalue weighted by Gasteiger charge is 2.22. The van der Waals surface area contributed by atoms with Gasteiger partial charge in [0.15, 0.2) is 0 Å². The smallest absolute Gasteiger partial charge is 0.0436 e. The molecule has 0 aliphatic carbocycles. The van der Waals surface area contributed by atoms with Crippen LogP contribution in [-0.4, -0.2) is 21.8 Å². The van der Waals surface area contributed by atoms with E-state index in [4.69, 9.17) is 0 Å². The fraction of sp³-hybridized carbons (Fsp3) is 0.538. The highest BCUT2D eigenvalue weighted by molar-refractivity contribution is 7.85. The second-order valence-electron chi connectivity index (χ2n) is 4.56. The van der Waals surface area contributed by atoms with Crippen molar-refractivity contribution >= 4 is 10.8 Å². The average Bonchev–Trinajstić information content (AvgIpc) is 2.43. The van der Waals surface area contributed by atoms with Gasteiger partial charge in [0, 0.05) is 27.8 Å². The van der Waals surface area contributed by atoms with Gasteiger partial charge in [0.1, 0.15) is 0 Å². The highest BCUT2D eigenvalue weighted by atomic mass is 32.2. The first-order chi connectivity index (χ1) is 7.66. The van der Waals surface area contributed by atoms with E-state index in [0.29, 0.717) is 5.25 Å². The first kappa shape index (κ1) is 11.8. The fourth-order valence-corrected chi connectivity index (χ4v) is 3.34. The molecule has 1 aliphatic heterocycles. The minimum atomic E-state index is -0.701. The van der Waals surface area contributed by atoms with Crippen LogP contribution in [0.1, 0.15) is 30.5 Å². The molecule has 2 nitrogen and oxygen atoms in total. The predicted octanol–water partition coefficient (Wildman–Crippen LogP) is 2.17. The van der Waals surface area contributed by atoms with E-state index in [-0.39, 0.29) is 6.04 Å². The summed E-state index contributed by atoms with van der Waals surface area (Å²) in [6.07, 6.45) is 1.01. The molecule has 1 aliphatic rings. The molecule has 16 heavy (non-hydrogen) atoms. The van der Waals surface area contributed by atoms with E-state index in [1.807, 2.05) is 0 Å². The van der Waals surface area contributed by atoms with Gasteiger partial charge in [-0.25, -0.2) is 0 Å². The summed E-state index contributed by atoms with van der Waals surface area (Å²) >= 11 is 0. The lowest BCUT2D eigenvalue weighted by molar-refractivity contribution is 0.578. The zero-order valence-electron chi connectivity index (χ0n) is 9.90. The van der Waals surface area contributed by atoms with Crippen LogP contribution in [0.15, 0.2) is 24.3 Å². The molecule has 3 heteroatoms. The minimum absolute atomic E-state index is 0.256. The van der Waals surface area contributed by atoms with E-state index < -0.39 is 10.8 Å². The molecule has 1 N–H and O–H groups in total. The largest absolute Gasteiger partial charge is 0.309 e. The Kier molecular flexibility index (Phi) is 3.77. The van der Waals surface area contributed by atoms with E-state index in [1.165, 1.54) is 11.1 Å².